The lowest BCUT2D eigenvalue weighted by molar-refractivity contribution is 0.181. The average molecular weight is 433 g/mol. The van der Waals surface area contributed by atoms with Crippen LogP contribution in [0.5, 0.6) is 0 Å². The number of hydrogen-bond acceptors (Lipinski definition) is 4. The predicted octanol–water partition coefficient (Wildman–Crippen LogP) is 4.48. The van der Waals surface area contributed by atoms with Gasteiger partial charge in [-0.15, -0.1) is 0 Å². The van der Waals surface area contributed by atoms with Crippen LogP contribution in [0.4, 0.5) is 0 Å². The Labute approximate surface area is 174 Å². The zero-order chi connectivity index (χ0) is 19.6. The normalized spacial score (nSPS) is 15.9. The number of rotatable bonds is 6. The summed E-state index contributed by atoms with van der Waals surface area (Å²) >= 11 is 7.73. The molecule has 3 aromatic rings. The summed E-state index contributed by atoms with van der Waals surface area (Å²) in [6.45, 7) is 2.00. The average Bonchev–Trinajstić information content (AvgIpc) is 3.22. The molecule has 0 aliphatic carbocycles. The van der Waals surface area contributed by atoms with E-state index in [2.05, 4.69) is 45.3 Å². The quantitative estimate of drug-likeness (QED) is 0.624. The molecule has 0 bridgehead atoms. The molecule has 1 aliphatic heterocycles. The van der Waals surface area contributed by atoms with Crippen molar-refractivity contribution in [3.63, 3.8) is 0 Å². The van der Waals surface area contributed by atoms with Crippen LogP contribution in [0.1, 0.15) is 22.7 Å². The Morgan fingerprint density at radius 1 is 1.07 bits per heavy atom. The summed E-state index contributed by atoms with van der Waals surface area (Å²) in [5.74, 6) is 0. The Hall–Kier alpha value is -1.70. The number of sulfonamides is 1. The van der Waals surface area contributed by atoms with Crippen molar-refractivity contribution < 1.29 is 8.42 Å². The second kappa shape index (κ2) is 8.35. The minimum atomic E-state index is -3.68. The lowest BCUT2D eigenvalue weighted by Crippen LogP contribution is -2.40. The lowest BCUT2D eigenvalue weighted by atomic mass is 9.97. The molecule has 0 saturated heterocycles. The van der Waals surface area contributed by atoms with Gasteiger partial charge in [-0.05, 0) is 52.1 Å². The summed E-state index contributed by atoms with van der Waals surface area (Å²) in [6.07, 6.45) is 0.966. The van der Waals surface area contributed by atoms with Crippen molar-refractivity contribution in [2.45, 2.75) is 23.9 Å². The van der Waals surface area contributed by atoms with Gasteiger partial charge in [-0.1, -0.05) is 48.0 Å². The van der Waals surface area contributed by atoms with Gasteiger partial charge in [0.15, 0.2) is 0 Å². The molecular weight excluding hydrogens is 412 g/mol. The molecule has 7 heteroatoms. The van der Waals surface area contributed by atoms with Gasteiger partial charge in [-0.3, -0.25) is 4.90 Å². The fourth-order valence-electron chi connectivity index (χ4n) is 3.64. The zero-order valence-electron chi connectivity index (χ0n) is 15.2. The SMILES string of the molecule is O=S(=O)(NCC(c1ccsc1)N1CCc2ccccc2C1)c1ccccc1Cl. The van der Waals surface area contributed by atoms with Gasteiger partial charge in [-0.2, -0.15) is 11.3 Å². The maximum Gasteiger partial charge on any atom is 0.242 e. The molecule has 146 valence electrons. The number of thiophene rings is 1. The van der Waals surface area contributed by atoms with Gasteiger partial charge in [0.25, 0.3) is 0 Å². The van der Waals surface area contributed by atoms with Crippen molar-refractivity contribution >= 4 is 33.0 Å². The molecule has 1 N–H and O–H groups in total. The van der Waals surface area contributed by atoms with Gasteiger partial charge in [0, 0.05) is 25.7 Å². The smallest absolute Gasteiger partial charge is 0.242 e. The summed E-state index contributed by atoms with van der Waals surface area (Å²) < 4.78 is 28.4. The van der Waals surface area contributed by atoms with Crippen LogP contribution in [-0.4, -0.2) is 26.4 Å². The first-order valence-electron chi connectivity index (χ1n) is 9.12. The molecule has 1 unspecified atom stereocenters. The van der Waals surface area contributed by atoms with Crippen molar-refractivity contribution in [1.82, 2.24) is 9.62 Å². The van der Waals surface area contributed by atoms with Crippen molar-refractivity contribution in [2.75, 3.05) is 13.1 Å². The van der Waals surface area contributed by atoms with Crippen LogP contribution < -0.4 is 4.72 Å². The number of benzene rings is 2. The summed E-state index contributed by atoms with van der Waals surface area (Å²) in [5, 5.41) is 4.35. The van der Waals surface area contributed by atoms with E-state index in [1.165, 1.54) is 17.2 Å². The Morgan fingerprint density at radius 3 is 2.57 bits per heavy atom. The standard InChI is InChI=1S/C21H21ClN2O2S2/c22-19-7-3-4-8-21(19)28(25,26)23-13-20(18-10-12-27-15-18)24-11-9-16-5-1-2-6-17(16)14-24/h1-8,10,12,15,20,23H,9,11,13-14H2. The van der Waals surface area contributed by atoms with Crippen LogP contribution in [0.25, 0.3) is 0 Å². The molecule has 4 rings (SSSR count). The Morgan fingerprint density at radius 2 is 1.82 bits per heavy atom. The topological polar surface area (TPSA) is 49.4 Å². The summed E-state index contributed by atoms with van der Waals surface area (Å²) in [4.78, 5) is 2.46. The Balaban J connectivity index is 1.56. The highest BCUT2D eigenvalue weighted by Crippen LogP contribution is 2.29. The van der Waals surface area contributed by atoms with E-state index in [4.69, 9.17) is 11.6 Å². The molecule has 2 heterocycles. The minimum absolute atomic E-state index is 0.0307. The molecule has 1 aromatic heterocycles. The highest BCUT2D eigenvalue weighted by Gasteiger charge is 2.27. The maximum absolute atomic E-state index is 12.8. The molecule has 0 radical (unpaired) electrons. The number of halogens is 1. The van der Waals surface area contributed by atoms with Crippen LogP contribution in [0, 0.1) is 0 Å². The van der Waals surface area contributed by atoms with E-state index in [0.717, 1.165) is 25.1 Å². The molecule has 4 nitrogen and oxygen atoms in total. The van der Waals surface area contributed by atoms with Crippen molar-refractivity contribution in [2.24, 2.45) is 0 Å². The Kier molecular flexibility index (Phi) is 5.85. The first-order valence-corrected chi connectivity index (χ1v) is 11.9. The van der Waals surface area contributed by atoms with Crippen molar-refractivity contribution in [3.8, 4) is 0 Å². The molecule has 28 heavy (non-hydrogen) atoms. The fourth-order valence-corrected chi connectivity index (χ4v) is 5.90. The number of fused-ring (bicyclic) bond motifs is 1. The molecular formula is C21H21ClN2O2S2. The molecule has 0 fully saturated rings. The second-order valence-corrected chi connectivity index (χ2v) is 9.77. The first-order chi connectivity index (χ1) is 13.5. The highest BCUT2D eigenvalue weighted by atomic mass is 35.5. The van der Waals surface area contributed by atoms with Crippen LogP contribution in [0.2, 0.25) is 5.02 Å². The molecule has 1 aliphatic rings. The third-order valence-electron chi connectivity index (χ3n) is 5.12. The van der Waals surface area contributed by atoms with Gasteiger partial charge in [0.05, 0.1) is 5.02 Å². The fraction of sp³-hybridized carbons (Fsp3) is 0.238. The summed E-state index contributed by atoms with van der Waals surface area (Å²) in [5.41, 5.74) is 3.81. The monoisotopic (exact) mass is 432 g/mol. The van der Waals surface area contributed by atoms with E-state index >= 15 is 0 Å². The van der Waals surface area contributed by atoms with Crippen LogP contribution in [0.15, 0.2) is 70.3 Å². The zero-order valence-corrected chi connectivity index (χ0v) is 17.6. The van der Waals surface area contributed by atoms with Gasteiger partial charge in [0.1, 0.15) is 4.90 Å². The van der Waals surface area contributed by atoms with E-state index in [-0.39, 0.29) is 16.0 Å². The van der Waals surface area contributed by atoms with E-state index in [0.29, 0.717) is 6.54 Å². The largest absolute Gasteiger partial charge is 0.290 e. The third kappa shape index (κ3) is 4.16. The molecule has 0 amide bonds. The van der Waals surface area contributed by atoms with E-state index < -0.39 is 10.0 Å². The predicted molar refractivity (Wildman–Crippen MR) is 114 cm³/mol. The van der Waals surface area contributed by atoms with Crippen LogP contribution >= 0.6 is 22.9 Å². The Bertz CT molecular complexity index is 1050. The van der Waals surface area contributed by atoms with Gasteiger partial charge in [-0.25, -0.2) is 13.1 Å². The number of nitrogens with one attached hydrogen (secondary N) is 1. The van der Waals surface area contributed by atoms with Gasteiger partial charge >= 0.3 is 0 Å². The van der Waals surface area contributed by atoms with Crippen molar-refractivity contribution in [1.29, 1.82) is 0 Å². The summed E-state index contributed by atoms with van der Waals surface area (Å²) in [6, 6.07) is 17.0. The van der Waals surface area contributed by atoms with E-state index in [9.17, 15) is 8.42 Å². The van der Waals surface area contributed by atoms with Gasteiger partial charge in [0.2, 0.25) is 10.0 Å². The van der Waals surface area contributed by atoms with E-state index in [1.54, 1.807) is 29.5 Å². The van der Waals surface area contributed by atoms with Crippen LogP contribution in [0.3, 0.4) is 0 Å². The number of hydrogen-bond donors (Lipinski definition) is 1. The van der Waals surface area contributed by atoms with Crippen molar-refractivity contribution in [3.05, 3.63) is 87.1 Å². The summed E-state index contributed by atoms with van der Waals surface area (Å²) in [7, 11) is -3.68. The molecule has 1 atom stereocenters. The second-order valence-electron chi connectivity index (χ2n) is 6.84. The number of nitrogens with zero attached hydrogens (tertiary/aromatic N) is 1. The minimum Gasteiger partial charge on any atom is -0.290 e. The molecule has 0 spiro atoms. The van der Waals surface area contributed by atoms with Crippen LogP contribution in [-0.2, 0) is 23.0 Å². The molecule has 2 aromatic carbocycles. The van der Waals surface area contributed by atoms with E-state index in [1.807, 2.05) is 5.38 Å². The lowest BCUT2D eigenvalue weighted by Gasteiger charge is -2.35. The van der Waals surface area contributed by atoms with Gasteiger partial charge < -0.3 is 0 Å². The molecule has 0 saturated carbocycles. The maximum atomic E-state index is 12.8. The third-order valence-corrected chi connectivity index (χ3v) is 7.75. The highest BCUT2D eigenvalue weighted by molar-refractivity contribution is 7.89. The first kappa shape index (κ1) is 19.6.